The minimum absolute atomic E-state index is 0.519. The first-order valence-corrected chi connectivity index (χ1v) is 12.1. The second-order valence-electron chi connectivity index (χ2n) is 7.86. The number of unbranched alkanes of at least 4 members (excludes halogenated alkanes) is 2. The van der Waals surface area contributed by atoms with Gasteiger partial charge in [0.25, 0.3) is 0 Å². The van der Waals surface area contributed by atoms with Gasteiger partial charge in [-0.15, -0.1) is 0 Å². The zero-order chi connectivity index (χ0) is 19.0. The first-order chi connectivity index (χ1) is 12.0. The highest BCUT2D eigenvalue weighted by Gasteiger charge is 2.20. The maximum Gasteiger partial charge on any atom is 0.0129 e. The van der Waals surface area contributed by atoms with Crippen LogP contribution in [0.3, 0.4) is 0 Å². The first kappa shape index (κ1) is 24.8. The van der Waals surface area contributed by atoms with Gasteiger partial charge < -0.3 is 0 Å². The largest absolute Gasteiger partial charge is 0.159 e. The molecule has 0 heterocycles. The molecular formula is C24H46S. The van der Waals surface area contributed by atoms with Gasteiger partial charge in [0.2, 0.25) is 0 Å². The number of allylic oxidation sites excluding steroid dienone is 4. The molecule has 0 aliphatic rings. The molecule has 0 aromatic rings. The average Bonchev–Trinajstić information content (AvgIpc) is 2.61. The maximum absolute atomic E-state index is 2.46. The zero-order valence-corrected chi connectivity index (χ0v) is 19.0. The van der Waals surface area contributed by atoms with Crippen LogP contribution in [0.25, 0.3) is 0 Å². The van der Waals surface area contributed by atoms with Crippen LogP contribution in [0.15, 0.2) is 23.8 Å². The lowest BCUT2D eigenvalue weighted by atomic mass is 9.90. The van der Waals surface area contributed by atoms with E-state index in [0.717, 1.165) is 12.3 Å². The van der Waals surface area contributed by atoms with Crippen molar-refractivity contribution in [3.05, 3.63) is 23.8 Å². The van der Waals surface area contributed by atoms with E-state index in [9.17, 15) is 0 Å². The molecule has 0 nitrogen and oxygen atoms in total. The summed E-state index contributed by atoms with van der Waals surface area (Å²) in [4.78, 5) is 0. The monoisotopic (exact) mass is 366 g/mol. The summed E-state index contributed by atoms with van der Waals surface area (Å²) in [6.07, 6.45) is 25.4. The van der Waals surface area contributed by atoms with Gasteiger partial charge in [0, 0.05) is 4.75 Å². The minimum Gasteiger partial charge on any atom is -0.159 e. The van der Waals surface area contributed by atoms with Crippen molar-refractivity contribution in [3.63, 3.8) is 0 Å². The highest BCUT2D eigenvalue weighted by molar-refractivity contribution is 7.99. The van der Waals surface area contributed by atoms with Crippen LogP contribution in [0, 0.1) is 5.92 Å². The van der Waals surface area contributed by atoms with Gasteiger partial charge in [-0.3, -0.25) is 0 Å². The van der Waals surface area contributed by atoms with E-state index in [-0.39, 0.29) is 0 Å². The summed E-state index contributed by atoms with van der Waals surface area (Å²) in [5.74, 6) is 0.924. The highest BCUT2D eigenvalue weighted by Crippen LogP contribution is 2.33. The van der Waals surface area contributed by atoms with Gasteiger partial charge in [-0.25, -0.2) is 0 Å². The summed E-state index contributed by atoms with van der Waals surface area (Å²) in [5.41, 5.74) is 1.65. The molecule has 0 radical (unpaired) electrons. The zero-order valence-electron chi connectivity index (χ0n) is 18.2. The molecule has 25 heavy (non-hydrogen) atoms. The van der Waals surface area contributed by atoms with Gasteiger partial charge in [0.05, 0.1) is 0 Å². The lowest BCUT2D eigenvalue weighted by Crippen LogP contribution is -2.19. The predicted octanol–water partition coefficient (Wildman–Crippen LogP) is 8.97. The van der Waals surface area contributed by atoms with Crippen molar-refractivity contribution >= 4 is 11.8 Å². The van der Waals surface area contributed by atoms with E-state index < -0.39 is 0 Å². The second-order valence-corrected chi connectivity index (χ2v) is 9.25. The Morgan fingerprint density at radius 1 is 1.04 bits per heavy atom. The minimum atomic E-state index is 0.519. The number of thioether (sulfide) groups is 1. The van der Waals surface area contributed by atoms with Crippen molar-refractivity contribution in [2.24, 2.45) is 5.92 Å². The Bertz CT molecular complexity index is 355. The van der Waals surface area contributed by atoms with Gasteiger partial charge in [0.1, 0.15) is 0 Å². The normalized spacial score (nSPS) is 16.3. The summed E-state index contributed by atoms with van der Waals surface area (Å²) in [6.45, 7) is 11.5. The van der Waals surface area contributed by atoms with Crippen molar-refractivity contribution in [2.45, 2.75) is 116 Å². The summed E-state index contributed by atoms with van der Waals surface area (Å²) in [6, 6.07) is 0. The molecule has 0 aliphatic carbocycles. The molecule has 148 valence electrons. The molecule has 2 unspecified atom stereocenters. The van der Waals surface area contributed by atoms with Crippen molar-refractivity contribution in [1.29, 1.82) is 0 Å². The SMILES string of the molecule is CC=CCC(=CCC)CCC(CC)CCCCCC(C)(CCC)SC. The third-order valence-corrected chi connectivity index (χ3v) is 7.04. The van der Waals surface area contributed by atoms with Gasteiger partial charge in [-0.2, -0.15) is 11.8 Å². The Balaban J connectivity index is 4.07. The van der Waals surface area contributed by atoms with Crippen LogP contribution < -0.4 is 0 Å². The maximum atomic E-state index is 2.46. The van der Waals surface area contributed by atoms with Crippen molar-refractivity contribution < 1.29 is 0 Å². The Morgan fingerprint density at radius 2 is 1.80 bits per heavy atom. The number of hydrogen-bond donors (Lipinski definition) is 0. The fraction of sp³-hybridized carbons (Fsp3) is 0.833. The number of rotatable bonds is 16. The summed E-state index contributed by atoms with van der Waals surface area (Å²) < 4.78 is 0.519. The lowest BCUT2D eigenvalue weighted by molar-refractivity contribution is 0.405. The van der Waals surface area contributed by atoms with Crippen LogP contribution in [0.5, 0.6) is 0 Å². The van der Waals surface area contributed by atoms with Crippen molar-refractivity contribution in [2.75, 3.05) is 6.26 Å². The molecule has 2 atom stereocenters. The van der Waals surface area contributed by atoms with E-state index in [1.54, 1.807) is 5.57 Å². The van der Waals surface area contributed by atoms with E-state index in [1.165, 1.54) is 70.6 Å². The van der Waals surface area contributed by atoms with Crippen LogP contribution in [0.1, 0.15) is 112 Å². The lowest BCUT2D eigenvalue weighted by Gasteiger charge is -2.27. The third-order valence-electron chi connectivity index (χ3n) is 5.65. The predicted molar refractivity (Wildman–Crippen MR) is 121 cm³/mol. The Hall–Kier alpha value is -0.170. The number of hydrogen-bond acceptors (Lipinski definition) is 1. The third kappa shape index (κ3) is 12.8. The smallest absolute Gasteiger partial charge is 0.0129 e. The van der Waals surface area contributed by atoms with Crippen molar-refractivity contribution in [1.82, 2.24) is 0 Å². The van der Waals surface area contributed by atoms with E-state index in [1.807, 2.05) is 0 Å². The quantitative estimate of drug-likeness (QED) is 0.194. The van der Waals surface area contributed by atoms with Crippen LogP contribution in [-0.2, 0) is 0 Å². The van der Waals surface area contributed by atoms with Crippen LogP contribution in [0.2, 0.25) is 0 Å². The molecule has 0 spiro atoms. The fourth-order valence-electron chi connectivity index (χ4n) is 3.75. The van der Waals surface area contributed by atoms with E-state index >= 15 is 0 Å². The summed E-state index contributed by atoms with van der Waals surface area (Å²) in [5, 5.41) is 0. The molecule has 0 amide bonds. The highest BCUT2D eigenvalue weighted by atomic mass is 32.2. The van der Waals surface area contributed by atoms with Crippen LogP contribution in [0.4, 0.5) is 0 Å². The molecule has 0 aliphatic heterocycles. The molecule has 0 N–H and O–H groups in total. The van der Waals surface area contributed by atoms with E-state index in [4.69, 9.17) is 0 Å². The van der Waals surface area contributed by atoms with E-state index in [0.29, 0.717) is 4.75 Å². The molecular weight excluding hydrogens is 320 g/mol. The van der Waals surface area contributed by atoms with Gasteiger partial charge in [-0.1, -0.05) is 90.0 Å². The van der Waals surface area contributed by atoms with Crippen LogP contribution in [-0.4, -0.2) is 11.0 Å². The molecule has 0 rings (SSSR count). The Kier molecular flexibility index (Phi) is 15.9. The molecule has 0 saturated carbocycles. The molecule has 1 heteroatoms. The molecule has 0 saturated heterocycles. The van der Waals surface area contributed by atoms with E-state index in [2.05, 4.69) is 70.9 Å². The topological polar surface area (TPSA) is 0 Å². The molecule has 0 bridgehead atoms. The molecule has 0 fully saturated rings. The summed E-state index contributed by atoms with van der Waals surface area (Å²) in [7, 11) is 0. The molecule has 0 aromatic heterocycles. The van der Waals surface area contributed by atoms with Gasteiger partial charge >= 0.3 is 0 Å². The second kappa shape index (κ2) is 16.0. The standard InChI is InChI=1S/C24H46S/c1-7-11-16-23(15-8-2)19-18-22(10-4)17-13-12-14-21-24(5,25-6)20-9-3/h7,11,15,22H,8-10,12-14,16-21H2,1-6H3. The molecule has 0 aromatic carbocycles. The van der Waals surface area contributed by atoms with Crippen LogP contribution >= 0.6 is 11.8 Å². The summed E-state index contributed by atoms with van der Waals surface area (Å²) >= 11 is 2.08. The Morgan fingerprint density at radius 3 is 2.36 bits per heavy atom. The first-order valence-electron chi connectivity index (χ1n) is 10.9. The Labute approximate surface area is 164 Å². The average molecular weight is 367 g/mol. The van der Waals surface area contributed by atoms with Crippen molar-refractivity contribution in [3.8, 4) is 0 Å². The van der Waals surface area contributed by atoms with Gasteiger partial charge in [-0.05, 0) is 57.6 Å². The van der Waals surface area contributed by atoms with Gasteiger partial charge in [0.15, 0.2) is 0 Å². The fourth-order valence-corrected chi connectivity index (χ4v) is 4.51.